The molecule has 2 heteroatoms. The van der Waals surface area contributed by atoms with Crippen molar-refractivity contribution in [3.05, 3.63) is 35.4 Å². The molecule has 1 aromatic carbocycles. The summed E-state index contributed by atoms with van der Waals surface area (Å²) in [6.07, 6.45) is 8.84. The van der Waals surface area contributed by atoms with Gasteiger partial charge in [0, 0.05) is 17.8 Å². The minimum atomic E-state index is 0.735. The largest absolute Gasteiger partial charge is 0.310 e. The van der Waals surface area contributed by atoms with Crippen LogP contribution in [0.15, 0.2) is 24.3 Å². The molecular formula is C16H25NS. The van der Waals surface area contributed by atoms with E-state index in [9.17, 15) is 0 Å². The Morgan fingerprint density at radius 1 is 1.11 bits per heavy atom. The van der Waals surface area contributed by atoms with E-state index in [0.717, 1.165) is 24.3 Å². The number of benzene rings is 1. The monoisotopic (exact) mass is 263 g/mol. The summed E-state index contributed by atoms with van der Waals surface area (Å²) in [6.45, 7) is 3.28. The number of hydrogen-bond acceptors (Lipinski definition) is 2. The Kier molecular flexibility index (Phi) is 5.58. The zero-order chi connectivity index (χ0) is 12.8. The van der Waals surface area contributed by atoms with E-state index in [1.807, 2.05) is 11.8 Å². The Labute approximate surface area is 116 Å². The molecule has 2 rings (SSSR count). The molecule has 0 bridgehead atoms. The molecular weight excluding hydrogens is 238 g/mol. The quantitative estimate of drug-likeness (QED) is 0.861. The van der Waals surface area contributed by atoms with Gasteiger partial charge >= 0.3 is 0 Å². The fourth-order valence-electron chi connectivity index (χ4n) is 2.83. The van der Waals surface area contributed by atoms with E-state index in [2.05, 4.69) is 42.8 Å². The van der Waals surface area contributed by atoms with Gasteiger partial charge in [-0.1, -0.05) is 31.2 Å². The highest BCUT2D eigenvalue weighted by Crippen LogP contribution is 2.27. The molecule has 1 fully saturated rings. The van der Waals surface area contributed by atoms with Crippen molar-refractivity contribution in [3.8, 4) is 0 Å². The summed E-state index contributed by atoms with van der Waals surface area (Å²) in [7, 11) is 0. The highest BCUT2D eigenvalue weighted by molar-refractivity contribution is 7.99. The lowest BCUT2D eigenvalue weighted by Crippen LogP contribution is -2.33. The van der Waals surface area contributed by atoms with Crippen LogP contribution in [0, 0.1) is 0 Å². The minimum Gasteiger partial charge on any atom is -0.310 e. The van der Waals surface area contributed by atoms with Gasteiger partial charge in [0.1, 0.15) is 0 Å². The van der Waals surface area contributed by atoms with Crippen LogP contribution in [-0.4, -0.2) is 17.5 Å². The maximum atomic E-state index is 3.75. The van der Waals surface area contributed by atoms with Crippen LogP contribution in [0.1, 0.15) is 43.7 Å². The molecule has 18 heavy (non-hydrogen) atoms. The van der Waals surface area contributed by atoms with Gasteiger partial charge in [-0.2, -0.15) is 11.8 Å². The Morgan fingerprint density at radius 2 is 1.78 bits per heavy atom. The van der Waals surface area contributed by atoms with E-state index in [4.69, 9.17) is 0 Å². The summed E-state index contributed by atoms with van der Waals surface area (Å²) in [5, 5.41) is 4.66. The molecule has 1 nitrogen and oxygen atoms in total. The van der Waals surface area contributed by atoms with Crippen molar-refractivity contribution in [2.75, 3.05) is 6.26 Å². The minimum absolute atomic E-state index is 0.735. The number of rotatable bonds is 5. The Hall–Kier alpha value is -0.470. The van der Waals surface area contributed by atoms with Crippen LogP contribution < -0.4 is 5.32 Å². The van der Waals surface area contributed by atoms with Crippen molar-refractivity contribution < 1.29 is 0 Å². The van der Waals surface area contributed by atoms with Gasteiger partial charge in [-0.25, -0.2) is 0 Å². The third kappa shape index (κ3) is 3.76. The molecule has 1 aromatic rings. The first kappa shape index (κ1) is 14.0. The fraction of sp³-hybridized carbons (Fsp3) is 0.625. The summed E-state index contributed by atoms with van der Waals surface area (Å²) >= 11 is 2.04. The standard InChI is InChI=1S/C16H25NS/c1-3-13-6-4-5-7-14(13)12-17-15-8-10-16(18-2)11-9-15/h4-7,15-17H,3,8-12H2,1-2H3. The molecule has 0 aromatic heterocycles. The molecule has 0 heterocycles. The number of hydrogen-bond donors (Lipinski definition) is 1. The smallest absolute Gasteiger partial charge is 0.0210 e. The average molecular weight is 263 g/mol. The summed E-state index contributed by atoms with van der Waals surface area (Å²) in [5.74, 6) is 0. The summed E-state index contributed by atoms with van der Waals surface area (Å²) < 4.78 is 0. The fourth-order valence-corrected chi connectivity index (χ4v) is 3.58. The molecule has 0 unspecified atom stereocenters. The maximum absolute atomic E-state index is 3.75. The zero-order valence-electron chi connectivity index (χ0n) is 11.6. The first-order chi connectivity index (χ1) is 8.83. The first-order valence-corrected chi connectivity index (χ1v) is 8.45. The molecule has 0 radical (unpaired) electrons. The third-order valence-corrected chi connectivity index (χ3v) is 5.23. The number of aryl methyl sites for hydroxylation is 1. The van der Waals surface area contributed by atoms with Crippen LogP contribution in [0.3, 0.4) is 0 Å². The normalized spacial score (nSPS) is 24.1. The van der Waals surface area contributed by atoms with Gasteiger partial charge in [0.05, 0.1) is 0 Å². The van der Waals surface area contributed by atoms with Gasteiger partial charge in [0.2, 0.25) is 0 Å². The van der Waals surface area contributed by atoms with Crippen molar-refractivity contribution in [2.24, 2.45) is 0 Å². The molecule has 0 atom stereocenters. The lowest BCUT2D eigenvalue weighted by Gasteiger charge is -2.28. The predicted octanol–water partition coefficient (Wildman–Crippen LogP) is 4.01. The molecule has 100 valence electrons. The summed E-state index contributed by atoms with van der Waals surface area (Å²) in [6, 6.07) is 9.55. The van der Waals surface area contributed by atoms with Crippen LogP contribution in [0.5, 0.6) is 0 Å². The Balaban J connectivity index is 1.81. The molecule has 0 amide bonds. The van der Waals surface area contributed by atoms with Crippen LogP contribution in [0.2, 0.25) is 0 Å². The van der Waals surface area contributed by atoms with E-state index in [1.165, 1.54) is 36.8 Å². The predicted molar refractivity (Wildman–Crippen MR) is 82.2 cm³/mol. The van der Waals surface area contributed by atoms with Crippen molar-refractivity contribution in [3.63, 3.8) is 0 Å². The molecule has 0 saturated heterocycles. The molecule has 0 spiro atoms. The topological polar surface area (TPSA) is 12.0 Å². The second-order valence-corrected chi connectivity index (χ2v) is 6.35. The van der Waals surface area contributed by atoms with Crippen LogP contribution in [0.4, 0.5) is 0 Å². The highest BCUT2D eigenvalue weighted by atomic mass is 32.2. The van der Waals surface area contributed by atoms with Gasteiger partial charge in [0.15, 0.2) is 0 Å². The van der Waals surface area contributed by atoms with Gasteiger partial charge in [-0.3, -0.25) is 0 Å². The van der Waals surface area contributed by atoms with E-state index in [0.29, 0.717) is 0 Å². The van der Waals surface area contributed by atoms with Gasteiger partial charge in [-0.05, 0) is 49.5 Å². The van der Waals surface area contributed by atoms with Crippen molar-refractivity contribution in [1.82, 2.24) is 5.32 Å². The Bertz CT molecular complexity index is 356. The van der Waals surface area contributed by atoms with Crippen molar-refractivity contribution >= 4 is 11.8 Å². The van der Waals surface area contributed by atoms with Crippen LogP contribution in [0.25, 0.3) is 0 Å². The van der Waals surface area contributed by atoms with E-state index >= 15 is 0 Å². The number of thioether (sulfide) groups is 1. The van der Waals surface area contributed by atoms with Gasteiger partial charge in [0.25, 0.3) is 0 Å². The molecule has 1 aliphatic rings. The summed E-state index contributed by atoms with van der Waals surface area (Å²) in [5.41, 5.74) is 2.97. The Morgan fingerprint density at radius 3 is 2.39 bits per heavy atom. The maximum Gasteiger partial charge on any atom is 0.0210 e. The SMILES string of the molecule is CCc1ccccc1CNC1CCC(SC)CC1. The van der Waals surface area contributed by atoms with E-state index < -0.39 is 0 Å². The molecule has 1 saturated carbocycles. The lowest BCUT2D eigenvalue weighted by atomic mass is 9.94. The highest BCUT2D eigenvalue weighted by Gasteiger charge is 2.19. The number of nitrogens with one attached hydrogen (secondary N) is 1. The third-order valence-electron chi connectivity index (χ3n) is 4.09. The van der Waals surface area contributed by atoms with Crippen molar-refractivity contribution in [2.45, 2.75) is 56.9 Å². The van der Waals surface area contributed by atoms with Crippen LogP contribution >= 0.6 is 11.8 Å². The van der Waals surface area contributed by atoms with Gasteiger partial charge in [-0.15, -0.1) is 0 Å². The second kappa shape index (κ2) is 7.20. The first-order valence-electron chi connectivity index (χ1n) is 7.16. The van der Waals surface area contributed by atoms with Gasteiger partial charge < -0.3 is 5.32 Å². The lowest BCUT2D eigenvalue weighted by molar-refractivity contribution is 0.378. The second-order valence-electron chi connectivity index (χ2n) is 5.21. The van der Waals surface area contributed by atoms with Crippen LogP contribution in [-0.2, 0) is 13.0 Å². The van der Waals surface area contributed by atoms with E-state index in [-0.39, 0.29) is 0 Å². The molecule has 1 N–H and O–H groups in total. The zero-order valence-corrected chi connectivity index (χ0v) is 12.4. The molecule has 1 aliphatic carbocycles. The van der Waals surface area contributed by atoms with E-state index in [1.54, 1.807) is 0 Å². The average Bonchev–Trinajstić information content (AvgIpc) is 2.46. The van der Waals surface area contributed by atoms with Crippen molar-refractivity contribution in [1.29, 1.82) is 0 Å². The molecule has 0 aliphatic heterocycles. The summed E-state index contributed by atoms with van der Waals surface area (Å²) in [4.78, 5) is 0.